The Hall–Kier alpha value is -3.36. The first kappa shape index (κ1) is 29.2. The van der Waals surface area contributed by atoms with Crippen molar-refractivity contribution in [3.05, 3.63) is 82.0 Å². The lowest BCUT2D eigenvalue weighted by Gasteiger charge is -2.30. The first-order valence-corrected chi connectivity index (χ1v) is 13.7. The van der Waals surface area contributed by atoms with Crippen LogP contribution in [0.5, 0.6) is 11.5 Å². The lowest BCUT2D eigenvalue weighted by molar-refractivity contribution is -0.142. The second kappa shape index (κ2) is 15.1. The average molecular weight is 539 g/mol. The molecule has 3 rings (SSSR count). The lowest BCUT2D eigenvalue weighted by Crippen LogP contribution is -2.46. The van der Waals surface area contributed by atoms with Crippen molar-refractivity contribution in [2.24, 2.45) is 0 Å². The van der Waals surface area contributed by atoms with Gasteiger partial charge in [-0.2, -0.15) is 0 Å². The van der Waals surface area contributed by atoms with Crippen LogP contribution < -0.4 is 9.47 Å². The largest absolute Gasteiger partial charge is 0.493 e. The summed E-state index contributed by atoms with van der Waals surface area (Å²) in [6, 6.07) is 19.5. The summed E-state index contributed by atoms with van der Waals surface area (Å²) in [6.07, 6.45) is 1.30. The van der Waals surface area contributed by atoms with Crippen LogP contribution in [0.4, 0.5) is 0 Å². The summed E-state index contributed by atoms with van der Waals surface area (Å²) in [4.78, 5) is 31.9. The Balaban J connectivity index is 1.78. The molecule has 0 N–H and O–H groups in total. The van der Waals surface area contributed by atoms with E-state index in [-0.39, 0.29) is 24.3 Å². The van der Waals surface area contributed by atoms with Gasteiger partial charge in [0.05, 0.1) is 39.8 Å². The fourth-order valence-electron chi connectivity index (χ4n) is 4.37. The van der Waals surface area contributed by atoms with Crippen LogP contribution in [0.2, 0.25) is 0 Å². The molecule has 38 heavy (non-hydrogen) atoms. The van der Waals surface area contributed by atoms with Crippen LogP contribution >= 0.6 is 11.3 Å². The number of thiophene rings is 1. The number of hydrogen-bond acceptors (Lipinski definition) is 6. The van der Waals surface area contributed by atoms with Crippen molar-refractivity contribution in [3.8, 4) is 11.5 Å². The van der Waals surface area contributed by atoms with E-state index in [4.69, 9.17) is 14.2 Å². The number of amides is 2. The molecule has 0 aliphatic carbocycles. The van der Waals surface area contributed by atoms with E-state index in [0.717, 1.165) is 16.0 Å². The number of rotatable bonds is 15. The van der Waals surface area contributed by atoms with Gasteiger partial charge in [0.25, 0.3) is 0 Å². The smallest absolute Gasteiger partial charge is 0.242 e. The van der Waals surface area contributed by atoms with Crippen molar-refractivity contribution >= 4 is 23.2 Å². The number of benzene rings is 2. The van der Waals surface area contributed by atoms with E-state index >= 15 is 0 Å². The third-order valence-corrected chi connectivity index (χ3v) is 7.37. The Bertz CT molecular complexity index is 1140. The Morgan fingerprint density at radius 2 is 1.66 bits per heavy atom. The fourth-order valence-corrected chi connectivity index (χ4v) is 5.09. The van der Waals surface area contributed by atoms with Gasteiger partial charge in [0, 0.05) is 25.1 Å². The second-order valence-corrected chi connectivity index (χ2v) is 9.99. The van der Waals surface area contributed by atoms with E-state index in [2.05, 4.69) is 0 Å². The quantitative estimate of drug-likeness (QED) is 0.272. The fraction of sp³-hybridized carbons (Fsp3) is 0.400. The average Bonchev–Trinajstić information content (AvgIpc) is 3.47. The molecule has 0 aliphatic rings. The van der Waals surface area contributed by atoms with Crippen LogP contribution in [0.25, 0.3) is 0 Å². The highest BCUT2D eigenvalue weighted by molar-refractivity contribution is 7.09. The lowest BCUT2D eigenvalue weighted by atomic mass is 9.95. The molecule has 3 aromatic rings. The first-order chi connectivity index (χ1) is 18.5. The van der Waals surface area contributed by atoms with E-state index in [1.54, 1.807) is 37.6 Å². The second-order valence-electron chi connectivity index (χ2n) is 8.96. The Morgan fingerprint density at radius 1 is 0.895 bits per heavy atom. The van der Waals surface area contributed by atoms with E-state index in [1.807, 2.05) is 77.9 Å². The van der Waals surface area contributed by atoms with Crippen LogP contribution in [0.1, 0.15) is 35.3 Å². The van der Waals surface area contributed by atoms with Gasteiger partial charge in [-0.15, -0.1) is 11.3 Å². The summed E-state index contributed by atoms with van der Waals surface area (Å²) in [6.45, 7) is 3.72. The van der Waals surface area contributed by atoms with Crippen molar-refractivity contribution in [2.75, 3.05) is 47.6 Å². The van der Waals surface area contributed by atoms with E-state index in [0.29, 0.717) is 50.6 Å². The van der Waals surface area contributed by atoms with Crippen LogP contribution in [-0.4, -0.2) is 69.2 Å². The molecule has 0 aliphatic heterocycles. The van der Waals surface area contributed by atoms with E-state index in [1.165, 1.54) is 0 Å². The van der Waals surface area contributed by atoms with Crippen LogP contribution in [-0.2, 0) is 27.3 Å². The highest BCUT2D eigenvalue weighted by Gasteiger charge is 2.27. The van der Waals surface area contributed by atoms with Gasteiger partial charge in [-0.25, -0.2) is 0 Å². The molecule has 1 heterocycles. The monoisotopic (exact) mass is 538 g/mol. The van der Waals surface area contributed by atoms with Crippen LogP contribution in [0.3, 0.4) is 0 Å². The van der Waals surface area contributed by atoms with Crippen molar-refractivity contribution < 1.29 is 23.8 Å². The number of hydrogen-bond donors (Lipinski definition) is 0. The molecule has 0 spiro atoms. The summed E-state index contributed by atoms with van der Waals surface area (Å²) in [7, 11) is 4.82. The molecule has 204 valence electrons. The van der Waals surface area contributed by atoms with Gasteiger partial charge >= 0.3 is 0 Å². The summed E-state index contributed by atoms with van der Waals surface area (Å²) >= 11 is 1.62. The molecule has 1 unspecified atom stereocenters. The molecule has 0 bridgehead atoms. The number of carbonyl (C=O) groups is 2. The van der Waals surface area contributed by atoms with E-state index < -0.39 is 0 Å². The number of ether oxygens (including phenoxy) is 3. The molecular weight excluding hydrogens is 500 g/mol. The van der Waals surface area contributed by atoms with Crippen LogP contribution in [0.15, 0.2) is 66.0 Å². The number of methoxy groups -OCH3 is 3. The zero-order valence-corrected chi connectivity index (χ0v) is 23.5. The Labute approximate surface area is 229 Å². The highest BCUT2D eigenvalue weighted by Crippen LogP contribution is 2.28. The topological polar surface area (TPSA) is 68.3 Å². The van der Waals surface area contributed by atoms with Crippen molar-refractivity contribution in [1.82, 2.24) is 9.80 Å². The van der Waals surface area contributed by atoms with Gasteiger partial charge in [0.2, 0.25) is 11.8 Å². The maximum atomic E-state index is 13.7. The van der Waals surface area contributed by atoms with Gasteiger partial charge in [0.15, 0.2) is 11.5 Å². The normalized spacial score (nSPS) is 11.6. The van der Waals surface area contributed by atoms with Gasteiger partial charge in [0.1, 0.15) is 0 Å². The number of nitrogens with zero attached hydrogens (tertiary/aromatic N) is 2. The predicted octanol–water partition coefficient (Wildman–Crippen LogP) is 5.01. The molecule has 0 radical (unpaired) electrons. The Morgan fingerprint density at radius 3 is 2.29 bits per heavy atom. The summed E-state index contributed by atoms with van der Waals surface area (Å²) in [5.74, 6) is 0.868. The molecule has 7 nitrogen and oxygen atoms in total. The van der Waals surface area contributed by atoms with Gasteiger partial charge in [-0.1, -0.05) is 49.4 Å². The molecule has 1 aromatic heterocycles. The molecule has 2 amide bonds. The van der Waals surface area contributed by atoms with Crippen molar-refractivity contribution in [3.63, 3.8) is 0 Å². The molecule has 1 atom stereocenters. The molecule has 8 heteroatoms. The molecule has 0 saturated carbocycles. The zero-order valence-electron chi connectivity index (χ0n) is 22.7. The molecule has 0 fully saturated rings. The minimum atomic E-state index is -0.307. The summed E-state index contributed by atoms with van der Waals surface area (Å²) < 4.78 is 16.1. The number of carbonyl (C=O) groups excluding carboxylic acids is 2. The maximum Gasteiger partial charge on any atom is 0.242 e. The molecule has 0 saturated heterocycles. The van der Waals surface area contributed by atoms with Crippen molar-refractivity contribution in [2.45, 2.75) is 32.2 Å². The summed E-state index contributed by atoms with van der Waals surface area (Å²) in [5.41, 5.74) is 1.99. The standard InChI is InChI=1S/C30H38N2O5S/c1-5-26(24-10-7-6-8-11-24)30(34)32(17-18-35-2)22-29(33)31(21-25-12-9-19-38-25)16-15-23-13-14-27(36-3)28(20-23)37-4/h6-14,19-20,26H,5,15-18,21-22H2,1-4H3. The third-order valence-electron chi connectivity index (χ3n) is 6.51. The molecule has 2 aromatic carbocycles. The summed E-state index contributed by atoms with van der Waals surface area (Å²) in [5, 5.41) is 2.01. The minimum Gasteiger partial charge on any atom is -0.493 e. The highest BCUT2D eigenvalue weighted by atomic mass is 32.1. The maximum absolute atomic E-state index is 13.7. The predicted molar refractivity (Wildman–Crippen MR) is 151 cm³/mol. The SMILES string of the molecule is CCC(C(=O)N(CCOC)CC(=O)N(CCc1ccc(OC)c(OC)c1)Cc1cccs1)c1ccccc1. The van der Waals surface area contributed by atoms with Gasteiger partial charge in [-0.3, -0.25) is 9.59 Å². The van der Waals surface area contributed by atoms with Crippen LogP contribution in [0, 0.1) is 0 Å². The zero-order chi connectivity index (χ0) is 27.3. The Kier molecular flexibility index (Phi) is 11.6. The first-order valence-electron chi connectivity index (χ1n) is 12.8. The molecular formula is C30H38N2O5S. The van der Waals surface area contributed by atoms with E-state index in [9.17, 15) is 9.59 Å². The van der Waals surface area contributed by atoms with Gasteiger partial charge < -0.3 is 24.0 Å². The minimum absolute atomic E-state index is 0.00281. The third kappa shape index (κ3) is 8.07. The van der Waals surface area contributed by atoms with Gasteiger partial charge in [-0.05, 0) is 47.5 Å². The van der Waals surface area contributed by atoms with Crippen molar-refractivity contribution in [1.29, 1.82) is 0 Å².